The summed E-state index contributed by atoms with van der Waals surface area (Å²) in [7, 11) is 1.30. The molecule has 3 rings (SSSR count). The Bertz CT molecular complexity index is 1260. The van der Waals surface area contributed by atoms with Gasteiger partial charge in [-0.2, -0.15) is 26.3 Å². The average molecular weight is 597 g/mol. The summed E-state index contributed by atoms with van der Waals surface area (Å²) in [5, 5.41) is 21.9. The summed E-state index contributed by atoms with van der Waals surface area (Å²) in [6.07, 6.45) is -11.8. The first-order chi connectivity index (χ1) is 18.9. The third kappa shape index (κ3) is 7.56. The molecule has 1 aliphatic heterocycles. The molecule has 0 radical (unpaired) electrons. The molecule has 0 aromatic carbocycles. The van der Waals surface area contributed by atoms with Gasteiger partial charge in [0.15, 0.2) is 5.69 Å². The van der Waals surface area contributed by atoms with Gasteiger partial charge in [0.1, 0.15) is 17.0 Å². The number of anilines is 2. The molecule has 1 unspecified atom stereocenters. The summed E-state index contributed by atoms with van der Waals surface area (Å²) in [6, 6.07) is 0.490. The van der Waals surface area contributed by atoms with Crippen molar-refractivity contribution in [2.75, 3.05) is 30.4 Å². The van der Waals surface area contributed by atoms with Crippen LogP contribution in [0.4, 0.5) is 42.6 Å². The Hall–Kier alpha value is -3.63. The second-order valence-electron chi connectivity index (χ2n) is 10.4. The minimum absolute atomic E-state index is 0.125. The van der Waals surface area contributed by atoms with Gasteiger partial charge < -0.3 is 24.5 Å². The highest BCUT2D eigenvalue weighted by molar-refractivity contribution is 5.90. The number of hydrogen-bond donors (Lipinski definition) is 3. The number of pyridine rings is 1. The zero-order valence-electron chi connectivity index (χ0n) is 22.7. The van der Waals surface area contributed by atoms with Crippen LogP contribution in [0.2, 0.25) is 0 Å². The number of hydrogen-bond acceptors (Lipinski definition) is 9. The van der Waals surface area contributed by atoms with E-state index in [-0.39, 0.29) is 32.2 Å². The van der Waals surface area contributed by atoms with Crippen LogP contribution in [0.5, 0.6) is 0 Å². The standard InChI is InChI=1S/C24H30F6N6O5/c1-21(2,3)41-20(38)32-14-11-13(23(25,26)27)17-33-16(14)18-34-35-19(40-18)22(39,24(28,29)30)9-7-5-6-8-10-36(17)12-15(37)31-4/h11,39H,5-10,12H2,1-4H3,(H,31,37)(H,32,38). The van der Waals surface area contributed by atoms with Crippen molar-refractivity contribution in [3.63, 3.8) is 0 Å². The third-order valence-electron chi connectivity index (χ3n) is 6.02. The van der Waals surface area contributed by atoms with Crippen molar-refractivity contribution in [1.82, 2.24) is 20.5 Å². The second kappa shape index (κ2) is 11.7. The van der Waals surface area contributed by atoms with Crippen molar-refractivity contribution in [2.45, 2.75) is 76.4 Å². The summed E-state index contributed by atoms with van der Waals surface area (Å²) in [6.45, 7) is 3.84. The van der Waals surface area contributed by atoms with Crippen LogP contribution in [-0.4, -0.2) is 64.2 Å². The zero-order valence-corrected chi connectivity index (χ0v) is 22.7. The van der Waals surface area contributed by atoms with Gasteiger partial charge in [0.05, 0.1) is 12.2 Å². The molecule has 11 nitrogen and oxygen atoms in total. The molecule has 0 fully saturated rings. The molecule has 0 saturated heterocycles. The number of nitrogens with one attached hydrogen (secondary N) is 2. The number of aliphatic hydroxyl groups is 1. The molecule has 2 amide bonds. The zero-order chi connectivity index (χ0) is 30.8. The molecule has 41 heavy (non-hydrogen) atoms. The van der Waals surface area contributed by atoms with Crippen LogP contribution in [0, 0.1) is 0 Å². The number of likely N-dealkylation sites (N-methyl/N-ethyl adjacent to an activating group) is 1. The predicted octanol–water partition coefficient (Wildman–Crippen LogP) is 4.76. The molecular formula is C24H30F6N6O5. The molecule has 3 N–H and O–H groups in total. The van der Waals surface area contributed by atoms with E-state index >= 15 is 0 Å². The van der Waals surface area contributed by atoms with Gasteiger partial charge >= 0.3 is 18.4 Å². The quantitative estimate of drug-likeness (QED) is 0.427. The van der Waals surface area contributed by atoms with E-state index in [0.29, 0.717) is 6.07 Å². The van der Waals surface area contributed by atoms with E-state index in [1.807, 2.05) is 0 Å². The lowest BCUT2D eigenvalue weighted by atomic mass is 9.95. The molecule has 2 aromatic heterocycles. The first kappa shape index (κ1) is 31.9. The Kier molecular flexibility index (Phi) is 9.10. The number of rotatable bonds is 3. The van der Waals surface area contributed by atoms with Crippen molar-refractivity contribution in [3.8, 4) is 11.6 Å². The van der Waals surface area contributed by atoms with Crippen molar-refractivity contribution in [2.24, 2.45) is 0 Å². The third-order valence-corrected chi connectivity index (χ3v) is 6.02. The minimum Gasteiger partial charge on any atom is -0.444 e. The highest BCUT2D eigenvalue weighted by atomic mass is 19.4. The van der Waals surface area contributed by atoms with E-state index < -0.39 is 83.1 Å². The van der Waals surface area contributed by atoms with Crippen LogP contribution in [-0.2, 0) is 21.3 Å². The molecule has 1 aliphatic rings. The van der Waals surface area contributed by atoms with Gasteiger partial charge in [-0.25, -0.2) is 9.78 Å². The Labute approximate surface area is 230 Å². The smallest absolute Gasteiger partial charge is 0.426 e. The molecule has 3 heterocycles. The minimum atomic E-state index is -5.23. The summed E-state index contributed by atoms with van der Waals surface area (Å²) < 4.78 is 95.1. The number of amides is 2. The van der Waals surface area contributed by atoms with Gasteiger partial charge in [-0.05, 0) is 46.1 Å². The molecular weight excluding hydrogens is 566 g/mol. The van der Waals surface area contributed by atoms with Gasteiger partial charge in [0.2, 0.25) is 11.5 Å². The van der Waals surface area contributed by atoms with Crippen LogP contribution in [0.1, 0.15) is 64.3 Å². The van der Waals surface area contributed by atoms with Crippen LogP contribution in [0.15, 0.2) is 10.5 Å². The summed E-state index contributed by atoms with van der Waals surface area (Å²) >= 11 is 0. The van der Waals surface area contributed by atoms with E-state index in [1.165, 1.54) is 27.8 Å². The normalized spacial score (nSPS) is 18.9. The van der Waals surface area contributed by atoms with E-state index in [0.717, 1.165) is 4.90 Å². The maximum atomic E-state index is 14.3. The SMILES string of the molecule is CNC(=O)CN1CCCCCCC(O)(C(F)(F)F)c2nnc(o2)-c2nc1c(C(F)(F)F)cc2NC(=O)OC(C)(C)C. The maximum Gasteiger partial charge on any atom is 0.426 e. The van der Waals surface area contributed by atoms with Crippen LogP contribution in [0.25, 0.3) is 11.6 Å². The summed E-state index contributed by atoms with van der Waals surface area (Å²) in [4.78, 5) is 29.8. The number of aromatic nitrogens is 3. The monoisotopic (exact) mass is 596 g/mol. The van der Waals surface area contributed by atoms with E-state index in [2.05, 4.69) is 25.8 Å². The molecule has 228 valence electrons. The van der Waals surface area contributed by atoms with Gasteiger partial charge in [-0.3, -0.25) is 10.1 Å². The highest BCUT2D eigenvalue weighted by Crippen LogP contribution is 2.45. The van der Waals surface area contributed by atoms with Crippen LogP contribution < -0.4 is 15.5 Å². The number of carbonyl (C=O) groups excluding carboxylic acids is 2. The van der Waals surface area contributed by atoms with E-state index in [9.17, 15) is 41.0 Å². The lowest BCUT2D eigenvalue weighted by molar-refractivity contribution is -0.277. The Morgan fingerprint density at radius 1 is 1.10 bits per heavy atom. The van der Waals surface area contributed by atoms with Crippen molar-refractivity contribution >= 4 is 23.5 Å². The maximum absolute atomic E-state index is 14.3. The Balaban J connectivity index is 2.31. The van der Waals surface area contributed by atoms with E-state index in [1.54, 1.807) is 0 Å². The van der Waals surface area contributed by atoms with Crippen LogP contribution in [0.3, 0.4) is 0 Å². The van der Waals surface area contributed by atoms with Crippen molar-refractivity contribution in [1.29, 1.82) is 0 Å². The van der Waals surface area contributed by atoms with Gasteiger partial charge in [0, 0.05) is 13.6 Å². The fourth-order valence-corrected chi connectivity index (χ4v) is 4.03. The van der Waals surface area contributed by atoms with Crippen molar-refractivity contribution < 1.29 is 50.2 Å². The van der Waals surface area contributed by atoms with Gasteiger partial charge in [0.25, 0.3) is 11.8 Å². The lowest BCUT2D eigenvalue weighted by Crippen LogP contribution is -2.42. The number of carbonyl (C=O) groups is 2. The fraction of sp³-hybridized carbons (Fsp3) is 0.625. The molecule has 0 spiro atoms. The molecule has 1 atom stereocenters. The fourth-order valence-electron chi connectivity index (χ4n) is 4.03. The number of ether oxygens (including phenoxy) is 1. The summed E-state index contributed by atoms with van der Waals surface area (Å²) in [5.74, 6) is -3.45. The highest BCUT2D eigenvalue weighted by Gasteiger charge is 2.58. The number of fused-ring (bicyclic) bond motifs is 5. The topological polar surface area (TPSA) is 143 Å². The van der Waals surface area contributed by atoms with Crippen molar-refractivity contribution in [3.05, 3.63) is 17.5 Å². The average Bonchev–Trinajstić information content (AvgIpc) is 3.32. The Morgan fingerprint density at radius 3 is 2.34 bits per heavy atom. The summed E-state index contributed by atoms with van der Waals surface area (Å²) in [5.41, 5.74) is -7.27. The first-order valence-electron chi connectivity index (χ1n) is 12.6. The van der Waals surface area contributed by atoms with E-state index in [4.69, 9.17) is 9.15 Å². The molecule has 2 aromatic rings. The Morgan fingerprint density at radius 2 is 1.76 bits per heavy atom. The number of nitrogens with zero attached hydrogens (tertiary/aromatic N) is 4. The molecule has 0 aliphatic carbocycles. The largest absolute Gasteiger partial charge is 0.444 e. The second-order valence-corrected chi connectivity index (χ2v) is 10.4. The van der Waals surface area contributed by atoms with Crippen LogP contribution >= 0.6 is 0 Å². The molecule has 0 saturated carbocycles. The molecule has 17 heteroatoms. The number of halogens is 6. The first-order valence-corrected chi connectivity index (χ1v) is 12.6. The predicted molar refractivity (Wildman–Crippen MR) is 132 cm³/mol. The lowest BCUT2D eigenvalue weighted by Gasteiger charge is -2.28. The van der Waals surface area contributed by atoms with Gasteiger partial charge in [-0.1, -0.05) is 12.8 Å². The number of alkyl halides is 6. The van der Waals surface area contributed by atoms with Gasteiger partial charge in [-0.15, -0.1) is 10.2 Å². The molecule has 4 bridgehead atoms.